The molecule has 0 aromatic heterocycles. The number of rotatable bonds is 5. The van der Waals surface area contributed by atoms with Gasteiger partial charge in [0, 0.05) is 48.2 Å². The second kappa shape index (κ2) is 7.61. The predicted molar refractivity (Wildman–Crippen MR) is 114 cm³/mol. The van der Waals surface area contributed by atoms with Crippen LogP contribution in [0.25, 0.3) is 0 Å². The summed E-state index contributed by atoms with van der Waals surface area (Å²) in [4.78, 5) is 2.59. The lowest BCUT2D eigenvalue weighted by atomic mass is 9.84. The van der Waals surface area contributed by atoms with Crippen molar-refractivity contribution in [3.05, 3.63) is 83.9 Å². The molecule has 0 amide bonds. The number of fused-ring (bicyclic) bond motifs is 3. The summed E-state index contributed by atoms with van der Waals surface area (Å²) in [7, 11) is 0. The van der Waals surface area contributed by atoms with E-state index in [1.54, 1.807) is 0 Å². The van der Waals surface area contributed by atoms with Gasteiger partial charge in [-0.3, -0.25) is 5.01 Å². The lowest BCUT2D eigenvalue weighted by molar-refractivity contribution is 0.0776. The maximum atomic E-state index is 4.37. The molecule has 2 N–H and O–H groups in total. The second-order valence-electron chi connectivity index (χ2n) is 8.45. The lowest BCUT2D eigenvalue weighted by Crippen LogP contribution is -2.55. The van der Waals surface area contributed by atoms with Crippen LogP contribution in [-0.4, -0.2) is 42.1 Å². The monoisotopic (exact) mass is 374 g/mol. The van der Waals surface area contributed by atoms with Crippen molar-refractivity contribution in [3.8, 4) is 0 Å². The highest BCUT2D eigenvalue weighted by Gasteiger charge is 2.34. The summed E-state index contributed by atoms with van der Waals surface area (Å²) >= 11 is 0. The summed E-state index contributed by atoms with van der Waals surface area (Å²) in [6.07, 6.45) is 12.6. The van der Waals surface area contributed by atoms with E-state index in [9.17, 15) is 0 Å². The average molecular weight is 375 g/mol. The number of hydrogen-bond acceptors (Lipinski definition) is 4. The summed E-state index contributed by atoms with van der Waals surface area (Å²) < 4.78 is 0. The third-order valence-electron chi connectivity index (χ3n) is 6.74. The Hall–Kier alpha value is -2.30. The first-order valence-electron chi connectivity index (χ1n) is 10.6. The van der Waals surface area contributed by atoms with Crippen molar-refractivity contribution in [2.45, 2.75) is 31.2 Å². The fourth-order valence-electron chi connectivity index (χ4n) is 5.07. The molecule has 2 atom stereocenters. The van der Waals surface area contributed by atoms with Crippen LogP contribution in [0.4, 0.5) is 0 Å². The topological polar surface area (TPSA) is 30.5 Å². The van der Waals surface area contributed by atoms with E-state index in [1.165, 1.54) is 49.3 Å². The maximum absolute atomic E-state index is 4.37. The van der Waals surface area contributed by atoms with Gasteiger partial charge in [0.15, 0.2) is 0 Å². The van der Waals surface area contributed by atoms with Gasteiger partial charge >= 0.3 is 0 Å². The summed E-state index contributed by atoms with van der Waals surface area (Å²) in [6, 6.07) is 11.4. The Balaban J connectivity index is 1.29. The Labute approximate surface area is 168 Å². The zero-order valence-corrected chi connectivity index (χ0v) is 16.5. The maximum Gasteiger partial charge on any atom is 0.0440 e. The zero-order valence-electron chi connectivity index (χ0n) is 16.5. The van der Waals surface area contributed by atoms with E-state index in [0.717, 1.165) is 24.6 Å². The van der Waals surface area contributed by atoms with Crippen molar-refractivity contribution >= 4 is 0 Å². The molecule has 2 bridgehead atoms. The van der Waals surface area contributed by atoms with E-state index in [2.05, 4.69) is 82.0 Å². The molecule has 5 aliphatic rings. The Bertz CT molecular complexity index is 814. The molecule has 3 fully saturated rings. The van der Waals surface area contributed by atoms with Gasteiger partial charge in [-0.15, -0.1) is 0 Å². The molecule has 0 spiro atoms. The molecule has 146 valence electrons. The third-order valence-corrected chi connectivity index (χ3v) is 6.74. The number of piperidine rings is 3. The molecule has 4 heteroatoms. The number of nitrogens with one attached hydrogen (secondary N) is 2. The van der Waals surface area contributed by atoms with Crippen LogP contribution in [0.3, 0.4) is 0 Å². The van der Waals surface area contributed by atoms with E-state index < -0.39 is 0 Å². The zero-order chi connectivity index (χ0) is 18.9. The molecule has 0 saturated carbocycles. The molecule has 2 unspecified atom stereocenters. The van der Waals surface area contributed by atoms with Crippen LogP contribution in [0.15, 0.2) is 78.3 Å². The van der Waals surface area contributed by atoms with E-state index in [-0.39, 0.29) is 0 Å². The summed E-state index contributed by atoms with van der Waals surface area (Å²) in [6.45, 7) is 8.92. The van der Waals surface area contributed by atoms with Crippen molar-refractivity contribution in [2.75, 3.05) is 26.2 Å². The van der Waals surface area contributed by atoms with E-state index >= 15 is 0 Å². The molecule has 4 heterocycles. The largest absolute Gasteiger partial charge is 0.381 e. The third kappa shape index (κ3) is 3.43. The lowest BCUT2D eigenvalue weighted by Gasteiger charge is -2.45. The number of hydrazine groups is 1. The molecule has 3 saturated heterocycles. The summed E-state index contributed by atoms with van der Waals surface area (Å²) in [5.74, 6) is 1.19. The van der Waals surface area contributed by atoms with Gasteiger partial charge in [0.25, 0.3) is 0 Å². The molecule has 4 aliphatic heterocycles. The van der Waals surface area contributed by atoms with E-state index in [1.807, 2.05) is 0 Å². The minimum Gasteiger partial charge on any atom is -0.381 e. The van der Waals surface area contributed by atoms with Crippen molar-refractivity contribution in [1.29, 1.82) is 0 Å². The Kier molecular flexibility index (Phi) is 4.83. The van der Waals surface area contributed by atoms with Crippen LogP contribution in [0.2, 0.25) is 0 Å². The van der Waals surface area contributed by atoms with E-state index in [4.69, 9.17) is 0 Å². The molecule has 1 aromatic rings. The first-order valence-corrected chi connectivity index (χ1v) is 10.6. The molecule has 0 radical (unpaired) electrons. The number of nitrogens with zero attached hydrogens (tertiary/aromatic N) is 2. The highest BCUT2D eigenvalue weighted by Crippen LogP contribution is 2.34. The first kappa shape index (κ1) is 17.8. The highest BCUT2D eigenvalue weighted by atomic mass is 15.5. The van der Waals surface area contributed by atoms with Crippen molar-refractivity contribution in [1.82, 2.24) is 20.7 Å². The second-order valence-corrected chi connectivity index (χ2v) is 8.45. The van der Waals surface area contributed by atoms with Crippen LogP contribution in [0, 0.1) is 5.92 Å². The summed E-state index contributed by atoms with van der Waals surface area (Å²) in [5.41, 5.74) is 8.57. The number of benzene rings is 1. The quantitative estimate of drug-likeness (QED) is 0.826. The normalized spacial score (nSPS) is 31.5. The Morgan fingerprint density at radius 1 is 1.14 bits per heavy atom. The van der Waals surface area contributed by atoms with Crippen LogP contribution < -0.4 is 10.7 Å². The average Bonchev–Trinajstić information content (AvgIpc) is 3.26. The van der Waals surface area contributed by atoms with Crippen molar-refractivity contribution in [2.24, 2.45) is 5.92 Å². The minimum absolute atomic E-state index is 0.386. The van der Waals surface area contributed by atoms with E-state index in [0.29, 0.717) is 12.0 Å². The molecule has 28 heavy (non-hydrogen) atoms. The molecule has 6 rings (SSSR count). The fourth-order valence-corrected chi connectivity index (χ4v) is 5.07. The van der Waals surface area contributed by atoms with Crippen LogP contribution in [0.1, 0.15) is 30.7 Å². The van der Waals surface area contributed by atoms with Crippen LogP contribution >= 0.6 is 0 Å². The van der Waals surface area contributed by atoms with Crippen molar-refractivity contribution < 1.29 is 0 Å². The van der Waals surface area contributed by atoms with Gasteiger partial charge in [0.05, 0.1) is 0 Å². The van der Waals surface area contributed by atoms with Crippen LogP contribution in [0.5, 0.6) is 0 Å². The smallest absolute Gasteiger partial charge is 0.0440 e. The number of allylic oxidation sites excluding steroid dienone is 4. The van der Waals surface area contributed by atoms with Crippen molar-refractivity contribution in [3.63, 3.8) is 0 Å². The molecule has 4 nitrogen and oxygen atoms in total. The first-order chi connectivity index (χ1) is 13.8. The predicted octanol–water partition coefficient (Wildman–Crippen LogP) is 3.52. The Morgan fingerprint density at radius 3 is 2.71 bits per heavy atom. The fraction of sp³-hybridized carbons (Fsp3) is 0.417. The Morgan fingerprint density at radius 2 is 1.96 bits per heavy atom. The van der Waals surface area contributed by atoms with Crippen LogP contribution in [-0.2, 0) is 0 Å². The molecule has 1 aromatic carbocycles. The van der Waals surface area contributed by atoms with Gasteiger partial charge in [-0.05, 0) is 49.9 Å². The van der Waals surface area contributed by atoms with Gasteiger partial charge < -0.3 is 10.2 Å². The molecular weight excluding hydrogens is 344 g/mol. The number of hydrogen-bond donors (Lipinski definition) is 2. The minimum atomic E-state index is 0.386. The molecular formula is C24H30N4. The SMILES string of the molecule is C=C(NC1CN2CCC1CC2)C1=CN(C2=CC=CCC2c2ccccc2)NC1. The van der Waals surface area contributed by atoms with Gasteiger partial charge in [0.2, 0.25) is 0 Å². The molecule has 1 aliphatic carbocycles. The van der Waals surface area contributed by atoms with Gasteiger partial charge in [-0.1, -0.05) is 49.1 Å². The van der Waals surface area contributed by atoms with Gasteiger partial charge in [-0.2, -0.15) is 0 Å². The highest BCUT2D eigenvalue weighted by molar-refractivity contribution is 5.38. The van der Waals surface area contributed by atoms with Gasteiger partial charge in [0.1, 0.15) is 0 Å². The summed E-state index contributed by atoms with van der Waals surface area (Å²) in [5, 5.41) is 5.96. The standard InChI is InChI=1S/C24H30N4/c1-18(26-23-17-27-13-11-20(23)12-14-27)21-15-25-28(16-21)24-10-6-5-9-22(24)19-7-3-2-4-8-19/h2-8,10,16,20,22-23,25-26H,1,9,11-15,17H2. The van der Waals surface area contributed by atoms with Gasteiger partial charge in [-0.25, -0.2) is 5.43 Å².